The first-order valence-corrected chi connectivity index (χ1v) is 7.45. The van der Waals surface area contributed by atoms with Crippen molar-refractivity contribution in [1.29, 1.82) is 0 Å². The molecule has 0 unspecified atom stereocenters. The Bertz CT molecular complexity index is 984. The smallest absolute Gasteiger partial charge is 0.203 e. The van der Waals surface area contributed by atoms with Gasteiger partial charge in [0.1, 0.15) is 28.5 Å². The molecule has 0 aliphatic carbocycles. The average molecular weight is 347 g/mol. The maximum atomic E-state index is 13.2. The van der Waals surface area contributed by atoms with E-state index < -0.39 is 17.0 Å². The van der Waals surface area contributed by atoms with Crippen LogP contribution in [0.3, 0.4) is 0 Å². The van der Waals surface area contributed by atoms with Gasteiger partial charge in [-0.15, -0.1) is 0 Å². The van der Waals surface area contributed by atoms with Crippen molar-refractivity contribution < 1.29 is 13.6 Å². The third kappa shape index (κ3) is 3.14. The maximum Gasteiger partial charge on any atom is 0.203 e. The van der Waals surface area contributed by atoms with Gasteiger partial charge in [0.25, 0.3) is 0 Å². The lowest BCUT2D eigenvalue weighted by Gasteiger charge is -2.08. The lowest BCUT2D eigenvalue weighted by Crippen LogP contribution is -2.23. The number of aromatic nitrogens is 1. The van der Waals surface area contributed by atoms with Crippen molar-refractivity contribution in [2.45, 2.75) is 6.92 Å². The first-order chi connectivity index (χ1) is 11.5. The SMILES string of the molecule is Cc1oc2cc(F)ccc2c(=O)c1C(=O)CNc1ccc(Cl)cn1. The van der Waals surface area contributed by atoms with E-state index in [0.717, 1.165) is 12.1 Å². The largest absolute Gasteiger partial charge is 0.460 e. The predicted molar refractivity (Wildman–Crippen MR) is 89.2 cm³/mol. The summed E-state index contributed by atoms with van der Waals surface area (Å²) in [5, 5.41) is 3.46. The third-order valence-corrected chi connectivity index (χ3v) is 3.69. The molecule has 3 aromatic rings. The number of carbonyl (C=O) groups excluding carboxylic acids is 1. The van der Waals surface area contributed by atoms with E-state index in [2.05, 4.69) is 10.3 Å². The normalized spacial score (nSPS) is 10.8. The molecule has 7 heteroatoms. The second kappa shape index (κ2) is 6.41. The van der Waals surface area contributed by atoms with Gasteiger partial charge in [-0.05, 0) is 31.2 Å². The summed E-state index contributed by atoms with van der Waals surface area (Å²) in [6.45, 7) is 1.37. The van der Waals surface area contributed by atoms with Crippen LogP contribution in [0.15, 0.2) is 45.7 Å². The molecule has 2 heterocycles. The Morgan fingerprint density at radius 1 is 1.33 bits per heavy atom. The van der Waals surface area contributed by atoms with Crippen LogP contribution in [-0.2, 0) is 0 Å². The minimum atomic E-state index is -0.514. The number of anilines is 1. The van der Waals surface area contributed by atoms with Gasteiger partial charge in [-0.2, -0.15) is 0 Å². The van der Waals surface area contributed by atoms with Gasteiger partial charge in [0.2, 0.25) is 5.43 Å². The summed E-state index contributed by atoms with van der Waals surface area (Å²) in [5.74, 6) is -0.351. The molecule has 0 radical (unpaired) electrons. The van der Waals surface area contributed by atoms with Gasteiger partial charge in [-0.3, -0.25) is 9.59 Å². The fourth-order valence-corrected chi connectivity index (χ4v) is 2.45. The number of nitrogens with zero attached hydrogens (tertiary/aromatic N) is 1. The van der Waals surface area contributed by atoms with E-state index in [1.54, 1.807) is 12.1 Å². The van der Waals surface area contributed by atoms with Crippen LogP contribution in [0.1, 0.15) is 16.1 Å². The van der Waals surface area contributed by atoms with Crippen molar-refractivity contribution in [1.82, 2.24) is 4.98 Å². The van der Waals surface area contributed by atoms with Crippen molar-refractivity contribution in [3.05, 3.63) is 68.9 Å². The second-order valence-electron chi connectivity index (χ2n) is 5.14. The highest BCUT2D eigenvalue weighted by Gasteiger charge is 2.18. The van der Waals surface area contributed by atoms with Crippen LogP contribution < -0.4 is 10.7 Å². The highest BCUT2D eigenvalue weighted by molar-refractivity contribution is 6.30. The van der Waals surface area contributed by atoms with Crippen molar-refractivity contribution in [2.75, 3.05) is 11.9 Å². The van der Waals surface area contributed by atoms with E-state index in [4.69, 9.17) is 16.0 Å². The number of aryl methyl sites for hydroxylation is 1. The molecule has 0 fully saturated rings. The van der Waals surface area contributed by atoms with Gasteiger partial charge in [0, 0.05) is 12.3 Å². The molecule has 0 saturated heterocycles. The molecule has 0 atom stereocenters. The van der Waals surface area contributed by atoms with E-state index >= 15 is 0 Å². The Kier molecular flexibility index (Phi) is 4.31. The fourth-order valence-electron chi connectivity index (χ4n) is 2.34. The number of hydrogen-bond donors (Lipinski definition) is 1. The van der Waals surface area contributed by atoms with Gasteiger partial charge < -0.3 is 9.73 Å². The van der Waals surface area contributed by atoms with Crippen LogP contribution in [-0.4, -0.2) is 17.3 Å². The number of rotatable bonds is 4. The summed E-state index contributed by atoms with van der Waals surface area (Å²) >= 11 is 5.74. The predicted octanol–water partition coefficient (Wildman–Crippen LogP) is 3.58. The molecule has 1 N–H and O–H groups in total. The average Bonchev–Trinajstić information content (AvgIpc) is 2.54. The van der Waals surface area contributed by atoms with Crippen molar-refractivity contribution >= 4 is 34.2 Å². The molecule has 0 amide bonds. The van der Waals surface area contributed by atoms with E-state index in [1.807, 2.05) is 0 Å². The summed E-state index contributed by atoms with van der Waals surface area (Å²) in [5.41, 5.74) is -0.429. The molecule has 0 aliphatic rings. The van der Waals surface area contributed by atoms with E-state index in [-0.39, 0.29) is 28.8 Å². The van der Waals surface area contributed by atoms with Crippen molar-refractivity contribution in [3.63, 3.8) is 0 Å². The number of Topliss-reactive ketones (excluding diaryl/α,β-unsaturated/α-hetero) is 1. The fraction of sp³-hybridized carbons (Fsp3) is 0.118. The number of ketones is 1. The molecule has 122 valence electrons. The molecular weight excluding hydrogens is 335 g/mol. The first kappa shape index (κ1) is 16.1. The highest BCUT2D eigenvalue weighted by Crippen LogP contribution is 2.17. The molecule has 24 heavy (non-hydrogen) atoms. The lowest BCUT2D eigenvalue weighted by atomic mass is 10.1. The maximum absolute atomic E-state index is 13.2. The topological polar surface area (TPSA) is 72.2 Å². The number of nitrogens with one attached hydrogen (secondary N) is 1. The Hall–Kier alpha value is -2.73. The highest BCUT2D eigenvalue weighted by atomic mass is 35.5. The molecule has 0 saturated carbocycles. The Morgan fingerprint density at radius 3 is 2.83 bits per heavy atom. The van der Waals surface area contributed by atoms with Crippen molar-refractivity contribution in [2.24, 2.45) is 0 Å². The zero-order valence-corrected chi connectivity index (χ0v) is 13.4. The monoisotopic (exact) mass is 346 g/mol. The molecular formula is C17H12ClFN2O3. The van der Waals surface area contributed by atoms with E-state index in [9.17, 15) is 14.0 Å². The Balaban J connectivity index is 1.90. The van der Waals surface area contributed by atoms with Crippen LogP contribution in [0, 0.1) is 12.7 Å². The second-order valence-corrected chi connectivity index (χ2v) is 5.58. The molecule has 2 aromatic heterocycles. The number of benzene rings is 1. The zero-order valence-electron chi connectivity index (χ0n) is 12.6. The number of carbonyl (C=O) groups is 1. The van der Waals surface area contributed by atoms with Gasteiger partial charge in [0.05, 0.1) is 17.0 Å². The van der Waals surface area contributed by atoms with Crippen LogP contribution >= 0.6 is 11.6 Å². The minimum Gasteiger partial charge on any atom is -0.460 e. The molecule has 0 bridgehead atoms. The Labute approximate surface area is 141 Å². The summed E-state index contributed by atoms with van der Waals surface area (Å²) in [6, 6.07) is 6.83. The molecule has 5 nitrogen and oxygen atoms in total. The first-order valence-electron chi connectivity index (χ1n) is 7.07. The summed E-state index contributed by atoms with van der Waals surface area (Å²) < 4.78 is 18.7. The number of fused-ring (bicyclic) bond motifs is 1. The van der Waals surface area contributed by atoms with Crippen molar-refractivity contribution in [3.8, 4) is 0 Å². The minimum absolute atomic E-state index is 0.0597. The summed E-state index contributed by atoms with van der Waals surface area (Å²) in [4.78, 5) is 28.9. The molecule has 0 spiro atoms. The number of hydrogen-bond acceptors (Lipinski definition) is 5. The van der Waals surface area contributed by atoms with Gasteiger partial charge in [-0.1, -0.05) is 11.6 Å². The summed E-state index contributed by atoms with van der Waals surface area (Å²) in [7, 11) is 0. The van der Waals surface area contributed by atoms with Crippen LogP contribution in [0.4, 0.5) is 10.2 Å². The van der Waals surface area contributed by atoms with Crippen LogP contribution in [0.5, 0.6) is 0 Å². The molecule has 0 aliphatic heterocycles. The Morgan fingerprint density at radius 2 is 2.12 bits per heavy atom. The van der Waals surface area contributed by atoms with Gasteiger partial charge in [-0.25, -0.2) is 9.37 Å². The molecule has 1 aromatic carbocycles. The third-order valence-electron chi connectivity index (χ3n) is 3.47. The van der Waals surface area contributed by atoms with E-state index in [0.29, 0.717) is 10.8 Å². The number of pyridine rings is 1. The quantitative estimate of drug-likeness (QED) is 0.731. The van der Waals surface area contributed by atoms with Gasteiger partial charge in [0.15, 0.2) is 5.78 Å². The van der Waals surface area contributed by atoms with E-state index in [1.165, 1.54) is 19.2 Å². The molecule has 3 rings (SSSR count). The zero-order chi connectivity index (χ0) is 17.3. The van der Waals surface area contributed by atoms with Crippen LogP contribution in [0.2, 0.25) is 5.02 Å². The lowest BCUT2D eigenvalue weighted by molar-refractivity contribution is 0.100. The van der Waals surface area contributed by atoms with Gasteiger partial charge >= 0.3 is 0 Å². The van der Waals surface area contributed by atoms with Crippen LogP contribution in [0.25, 0.3) is 11.0 Å². The summed E-state index contributed by atoms with van der Waals surface area (Å²) in [6.07, 6.45) is 1.44. The number of halogens is 2. The standard InChI is InChI=1S/C17H12ClFN2O3/c1-9-16(13(22)8-21-15-5-2-10(18)7-20-15)17(23)12-4-3-11(19)6-14(12)24-9/h2-7H,8H2,1H3,(H,20,21).